The Hall–Kier alpha value is -1.49. The molecule has 0 radical (unpaired) electrons. The Morgan fingerprint density at radius 1 is 1.23 bits per heavy atom. The van der Waals surface area contributed by atoms with Crippen LogP contribution in [0.1, 0.15) is 28.1 Å². The normalized spacial score (nSPS) is 18.0. The molecular formula is C18H20N2OS. The van der Waals surface area contributed by atoms with Gasteiger partial charge in [-0.3, -0.25) is 0 Å². The van der Waals surface area contributed by atoms with Gasteiger partial charge < -0.3 is 10.1 Å². The molecule has 0 bridgehead atoms. The van der Waals surface area contributed by atoms with Gasteiger partial charge in [-0.2, -0.15) is 0 Å². The molecule has 22 heavy (non-hydrogen) atoms. The molecule has 1 N–H and O–H groups in total. The van der Waals surface area contributed by atoms with Crippen LogP contribution in [0.2, 0.25) is 0 Å². The van der Waals surface area contributed by atoms with Crippen LogP contribution in [0.3, 0.4) is 0 Å². The van der Waals surface area contributed by atoms with E-state index in [4.69, 9.17) is 9.72 Å². The molecule has 4 rings (SSSR count). The quantitative estimate of drug-likeness (QED) is 0.920. The van der Waals surface area contributed by atoms with Gasteiger partial charge in [0.25, 0.3) is 0 Å². The van der Waals surface area contributed by atoms with Gasteiger partial charge in [-0.25, -0.2) is 4.98 Å². The fourth-order valence-electron chi connectivity index (χ4n) is 3.23. The van der Waals surface area contributed by atoms with E-state index in [0.29, 0.717) is 0 Å². The van der Waals surface area contributed by atoms with Gasteiger partial charge in [-0.15, -0.1) is 11.3 Å². The maximum absolute atomic E-state index is 5.44. The highest BCUT2D eigenvalue weighted by Gasteiger charge is 2.18. The van der Waals surface area contributed by atoms with Crippen molar-refractivity contribution in [1.82, 2.24) is 10.3 Å². The maximum atomic E-state index is 5.44. The van der Waals surface area contributed by atoms with Crippen LogP contribution in [0.5, 0.6) is 0 Å². The van der Waals surface area contributed by atoms with Gasteiger partial charge >= 0.3 is 0 Å². The summed E-state index contributed by atoms with van der Waals surface area (Å²) in [6, 6.07) is 6.59. The van der Waals surface area contributed by atoms with Crippen molar-refractivity contribution in [2.24, 2.45) is 0 Å². The Labute approximate surface area is 135 Å². The number of aromatic nitrogens is 1. The Bertz CT molecular complexity index is 709. The third-order valence-corrected chi connectivity index (χ3v) is 5.61. The minimum atomic E-state index is 0.732. The summed E-state index contributed by atoms with van der Waals surface area (Å²) < 4.78 is 5.44. The molecule has 1 aromatic carbocycles. The monoisotopic (exact) mass is 312 g/mol. The smallest absolute Gasteiger partial charge is 0.124 e. The molecule has 0 atom stereocenters. The summed E-state index contributed by atoms with van der Waals surface area (Å²) in [6.07, 6.45) is 4.27. The maximum Gasteiger partial charge on any atom is 0.124 e. The van der Waals surface area contributed by atoms with Crippen LogP contribution in [-0.2, 0) is 17.7 Å². The molecule has 0 saturated carbocycles. The Balaban J connectivity index is 1.76. The van der Waals surface area contributed by atoms with E-state index in [-0.39, 0.29) is 0 Å². The van der Waals surface area contributed by atoms with E-state index in [1.54, 1.807) is 0 Å². The first-order valence-electron chi connectivity index (χ1n) is 7.89. The minimum Gasteiger partial charge on any atom is -0.377 e. The molecule has 114 valence electrons. The molecular weight excluding hydrogens is 292 g/mol. The van der Waals surface area contributed by atoms with Crippen molar-refractivity contribution < 1.29 is 4.74 Å². The highest BCUT2D eigenvalue weighted by molar-refractivity contribution is 7.15. The van der Waals surface area contributed by atoms with Crippen molar-refractivity contribution in [3.63, 3.8) is 0 Å². The molecule has 3 heterocycles. The summed E-state index contributed by atoms with van der Waals surface area (Å²) in [4.78, 5) is 6.30. The van der Waals surface area contributed by atoms with E-state index in [2.05, 4.69) is 36.5 Å². The molecule has 0 saturated heterocycles. The Morgan fingerprint density at radius 2 is 2.14 bits per heavy atom. The number of rotatable bonds is 2. The second kappa shape index (κ2) is 5.95. The number of hydrogen-bond acceptors (Lipinski definition) is 4. The topological polar surface area (TPSA) is 34.1 Å². The van der Waals surface area contributed by atoms with Gasteiger partial charge in [0.1, 0.15) is 5.01 Å². The lowest BCUT2D eigenvalue weighted by Gasteiger charge is -2.17. The lowest BCUT2D eigenvalue weighted by Crippen LogP contribution is -2.22. The third kappa shape index (κ3) is 2.51. The van der Waals surface area contributed by atoms with Crippen LogP contribution in [0, 0.1) is 6.92 Å². The predicted molar refractivity (Wildman–Crippen MR) is 91.1 cm³/mol. The van der Waals surface area contributed by atoms with Crippen molar-refractivity contribution >= 4 is 16.9 Å². The molecule has 2 aliphatic heterocycles. The zero-order valence-electron chi connectivity index (χ0n) is 12.8. The first-order chi connectivity index (χ1) is 10.8. The lowest BCUT2D eigenvalue weighted by atomic mass is 9.94. The molecule has 0 spiro atoms. The number of nitrogens with zero attached hydrogens (tertiary/aromatic N) is 1. The lowest BCUT2D eigenvalue weighted by molar-refractivity contribution is 0.161. The number of ether oxygens (including phenoxy) is 1. The predicted octanol–water partition coefficient (Wildman–Crippen LogP) is 3.57. The molecule has 4 heteroatoms. The second-order valence-corrected chi connectivity index (χ2v) is 6.93. The molecule has 3 nitrogen and oxygen atoms in total. The standard InChI is InChI=1S/C18H20N2OS/c1-12-14(13-6-9-21-10-7-13)3-2-4-15(12)18-20-16-5-8-19-11-17(16)22-18/h2-4,6,19H,5,7-11H2,1H3. The van der Waals surface area contributed by atoms with Gasteiger partial charge in [0, 0.05) is 30.0 Å². The van der Waals surface area contributed by atoms with Gasteiger partial charge in [-0.1, -0.05) is 24.3 Å². The molecule has 0 fully saturated rings. The first kappa shape index (κ1) is 14.1. The van der Waals surface area contributed by atoms with Crippen LogP contribution >= 0.6 is 11.3 Å². The summed E-state index contributed by atoms with van der Waals surface area (Å²) in [6.45, 7) is 5.79. The van der Waals surface area contributed by atoms with Gasteiger partial charge in [-0.05, 0) is 30.0 Å². The van der Waals surface area contributed by atoms with E-state index in [1.807, 2.05) is 11.3 Å². The van der Waals surface area contributed by atoms with Crippen LogP contribution in [0.15, 0.2) is 24.3 Å². The summed E-state index contributed by atoms with van der Waals surface area (Å²) in [5.41, 5.74) is 6.67. The molecule has 1 aromatic heterocycles. The fraction of sp³-hybridized carbons (Fsp3) is 0.389. The number of thiazole rings is 1. The van der Waals surface area contributed by atoms with Crippen molar-refractivity contribution in [1.29, 1.82) is 0 Å². The van der Waals surface area contributed by atoms with Gasteiger partial charge in [0.2, 0.25) is 0 Å². The van der Waals surface area contributed by atoms with Crippen molar-refractivity contribution in [2.75, 3.05) is 19.8 Å². The summed E-state index contributed by atoms with van der Waals surface area (Å²) in [5.74, 6) is 0. The van der Waals surface area contributed by atoms with E-state index in [1.165, 1.54) is 37.8 Å². The summed E-state index contributed by atoms with van der Waals surface area (Å²) in [5, 5.41) is 4.60. The fourth-order valence-corrected chi connectivity index (χ4v) is 4.39. The van der Waals surface area contributed by atoms with Crippen molar-refractivity contribution in [3.8, 4) is 10.6 Å². The molecule has 0 amide bonds. The first-order valence-corrected chi connectivity index (χ1v) is 8.71. The van der Waals surface area contributed by atoms with E-state index in [0.717, 1.165) is 39.1 Å². The van der Waals surface area contributed by atoms with Crippen LogP contribution in [0.25, 0.3) is 16.1 Å². The number of hydrogen-bond donors (Lipinski definition) is 1. The molecule has 2 aromatic rings. The zero-order valence-corrected chi connectivity index (χ0v) is 13.6. The minimum absolute atomic E-state index is 0.732. The highest BCUT2D eigenvalue weighted by atomic mass is 32.1. The average Bonchev–Trinajstić information content (AvgIpc) is 2.99. The zero-order chi connectivity index (χ0) is 14.9. The molecule has 0 unspecified atom stereocenters. The van der Waals surface area contributed by atoms with E-state index in [9.17, 15) is 0 Å². The average molecular weight is 312 g/mol. The van der Waals surface area contributed by atoms with Crippen LogP contribution in [-0.4, -0.2) is 24.7 Å². The van der Waals surface area contributed by atoms with Crippen molar-refractivity contribution in [3.05, 3.63) is 46.0 Å². The van der Waals surface area contributed by atoms with Gasteiger partial charge in [0.05, 0.1) is 18.9 Å². The number of benzene rings is 1. The highest BCUT2D eigenvalue weighted by Crippen LogP contribution is 2.35. The summed E-state index contributed by atoms with van der Waals surface area (Å²) in [7, 11) is 0. The molecule has 2 aliphatic rings. The third-order valence-electron chi connectivity index (χ3n) is 4.48. The Kier molecular flexibility index (Phi) is 3.82. The SMILES string of the molecule is Cc1c(C2=CCOCC2)cccc1-c1nc2c(s1)CNCC2. The van der Waals surface area contributed by atoms with Crippen LogP contribution in [0.4, 0.5) is 0 Å². The van der Waals surface area contributed by atoms with Gasteiger partial charge in [0.15, 0.2) is 0 Å². The van der Waals surface area contributed by atoms with Crippen LogP contribution < -0.4 is 5.32 Å². The van der Waals surface area contributed by atoms with E-state index >= 15 is 0 Å². The Morgan fingerprint density at radius 3 is 2.95 bits per heavy atom. The summed E-state index contributed by atoms with van der Waals surface area (Å²) >= 11 is 1.84. The number of fused-ring (bicyclic) bond motifs is 1. The largest absolute Gasteiger partial charge is 0.377 e. The van der Waals surface area contributed by atoms with Crippen molar-refractivity contribution in [2.45, 2.75) is 26.3 Å². The molecule has 0 aliphatic carbocycles. The second-order valence-electron chi connectivity index (χ2n) is 5.85. The van der Waals surface area contributed by atoms with E-state index < -0.39 is 0 Å². The number of nitrogens with one attached hydrogen (secondary N) is 1.